The smallest absolute Gasteiger partial charge is 0.292 e. The Balaban J connectivity index is 2.15. The molecule has 1 aliphatic heterocycles. The van der Waals surface area contributed by atoms with Crippen molar-refractivity contribution < 1.29 is 22.4 Å². The highest BCUT2D eigenvalue weighted by molar-refractivity contribution is 8.15. The van der Waals surface area contributed by atoms with Crippen LogP contribution in [0.15, 0.2) is 32.8 Å². The number of amidine groups is 1. The highest BCUT2D eigenvalue weighted by Gasteiger charge is 2.35. The third-order valence-corrected chi connectivity index (χ3v) is 6.31. The summed E-state index contributed by atoms with van der Waals surface area (Å²) in [6.45, 7) is 0.385. The molecular weight excluding hydrogens is 496 g/mol. The fraction of sp³-hybridized carbons (Fsp3) is 0.333. The van der Waals surface area contributed by atoms with Gasteiger partial charge >= 0.3 is 11.9 Å². The molecule has 3 rings (SSSR count). The second-order valence-electron chi connectivity index (χ2n) is 6.52. The van der Waals surface area contributed by atoms with E-state index in [-0.39, 0.29) is 37.6 Å². The van der Waals surface area contributed by atoms with Crippen LogP contribution in [0.1, 0.15) is 5.69 Å². The number of benzene rings is 1. The number of hydrogen-bond acceptors (Lipinski definition) is 6. The third kappa shape index (κ3) is 4.74. The predicted octanol–water partition coefficient (Wildman–Crippen LogP) is 3.27. The van der Waals surface area contributed by atoms with E-state index in [0.29, 0.717) is 17.5 Å². The monoisotopic (exact) mass is 510 g/mol. The van der Waals surface area contributed by atoms with Crippen molar-refractivity contribution in [3.63, 3.8) is 0 Å². The van der Waals surface area contributed by atoms with Crippen molar-refractivity contribution in [2.75, 3.05) is 24.3 Å². The number of rotatable bonds is 5. The summed E-state index contributed by atoms with van der Waals surface area (Å²) in [6, 6.07) is 1.99. The van der Waals surface area contributed by atoms with E-state index in [2.05, 4.69) is 4.99 Å². The molecule has 1 aromatic heterocycles. The first kappa shape index (κ1) is 24.4. The summed E-state index contributed by atoms with van der Waals surface area (Å²) >= 11 is 8.73. The average Bonchev–Trinajstić information content (AvgIpc) is 3.04. The number of hydrogen-bond donors (Lipinski definition) is 0. The summed E-state index contributed by atoms with van der Waals surface area (Å²) < 4.78 is 54.3. The van der Waals surface area contributed by atoms with E-state index in [1.165, 1.54) is 16.7 Å². The average molecular weight is 511 g/mol. The molecule has 1 saturated heterocycles. The van der Waals surface area contributed by atoms with Crippen molar-refractivity contribution in [2.24, 2.45) is 12.0 Å². The van der Waals surface area contributed by atoms with Gasteiger partial charge in [0.25, 0.3) is 5.56 Å². The summed E-state index contributed by atoms with van der Waals surface area (Å²) in [7, 11) is 0.820. The predicted molar refractivity (Wildman–Crippen MR) is 117 cm³/mol. The van der Waals surface area contributed by atoms with Crippen LogP contribution in [0.5, 0.6) is 0 Å². The molecule has 0 saturated carbocycles. The maximum atomic E-state index is 14.6. The lowest BCUT2D eigenvalue weighted by molar-refractivity contribution is -0.144. The van der Waals surface area contributed by atoms with E-state index in [1.54, 1.807) is 0 Å². The molecule has 1 aromatic carbocycles. The number of aliphatic imine (C=N–C) groups is 1. The van der Waals surface area contributed by atoms with Crippen LogP contribution in [0, 0.1) is 5.82 Å². The van der Waals surface area contributed by atoms with Crippen molar-refractivity contribution in [2.45, 2.75) is 6.18 Å². The van der Waals surface area contributed by atoms with Crippen molar-refractivity contribution >= 4 is 51.9 Å². The van der Waals surface area contributed by atoms with Crippen LogP contribution in [-0.4, -0.2) is 49.4 Å². The van der Waals surface area contributed by atoms with Gasteiger partial charge in [0.15, 0.2) is 5.17 Å². The van der Waals surface area contributed by atoms with Crippen LogP contribution in [0.3, 0.4) is 0 Å². The Morgan fingerprint density at radius 1 is 1.22 bits per heavy atom. The Labute approximate surface area is 192 Å². The largest absolute Gasteiger partial charge is 0.431 e. The zero-order valence-electron chi connectivity index (χ0n) is 16.6. The molecule has 0 N–H and O–H groups in total. The highest BCUT2D eigenvalue weighted by Crippen LogP contribution is 2.33. The topological polar surface area (TPSA) is 76.7 Å². The van der Waals surface area contributed by atoms with Gasteiger partial charge in [-0.3, -0.25) is 19.1 Å². The van der Waals surface area contributed by atoms with Crippen LogP contribution in [0.4, 0.5) is 23.2 Å². The van der Waals surface area contributed by atoms with Crippen LogP contribution >= 0.6 is 35.1 Å². The molecule has 0 unspecified atom stereocenters. The summed E-state index contributed by atoms with van der Waals surface area (Å²) in [5.74, 6) is -0.482. The van der Waals surface area contributed by atoms with Gasteiger partial charge in [-0.1, -0.05) is 23.4 Å². The van der Waals surface area contributed by atoms with Gasteiger partial charge in [0.2, 0.25) is 5.91 Å². The molecule has 172 valence electrons. The maximum absolute atomic E-state index is 14.6. The molecule has 0 bridgehead atoms. The molecule has 2 aromatic rings. The SMILES string of the molecule is CSCCN1C(=O)CS/C1=N\c1cc(-n2c(=O)cc(C(F)(F)F)n(C)c2=O)c(F)cc1Cl. The molecule has 2 heterocycles. The quantitative estimate of drug-likeness (QED) is 0.577. The molecule has 0 aliphatic carbocycles. The minimum atomic E-state index is -4.95. The second-order valence-corrected chi connectivity index (χ2v) is 8.85. The molecule has 1 amide bonds. The van der Waals surface area contributed by atoms with Gasteiger partial charge in [0, 0.05) is 25.4 Å². The summed E-state index contributed by atoms with van der Waals surface area (Å²) in [6.07, 6.45) is -3.08. The lowest BCUT2D eigenvalue weighted by Gasteiger charge is -2.16. The van der Waals surface area contributed by atoms with Crippen LogP contribution in [-0.2, 0) is 18.0 Å². The maximum Gasteiger partial charge on any atom is 0.431 e. The number of thioether (sulfide) groups is 2. The third-order valence-electron chi connectivity index (χ3n) is 4.46. The summed E-state index contributed by atoms with van der Waals surface area (Å²) in [5.41, 5.74) is -4.89. The first-order valence-corrected chi connectivity index (χ1v) is 11.6. The highest BCUT2D eigenvalue weighted by atomic mass is 35.5. The molecule has 32 heavy (non-hydrogen) atoms. The molecule has 14 heteroatoms. The van der Waals surface area contributed by atoms with E-state index < -0.39 is 34.6 Å². The second kappa shape index (κ2) is 9.32. The zero-order valence-corrected chi connectivity index (χ0v) is 19.0. The van der Waals surface area contributed by atoms with Gasteiger partial charge in [-0.05, 0) is 18.4 Å². The lowest BCUT2D eigenvalue weighted by Crippen LogP contribution is -2.41. The normalized spacial score (nSPS) is 15.8. The number of carbonyl (C=O) groups is 1. The minimum Gasteiger partial charge on any atom is -0.292 e. The molecule has 0 spiro atoms. The molecule has 1 fully saturated rings. The van der Waals surface area contributed by atoms with E-state index in [4.69, 9.17) is 11.6 Å². The summed E-state index contributed by atoms with van der Waals surface area (Å²) in [5, 5.41) is 0.136. The Kier molecular flexibility index (Phi) is 7.10. The fourth-order valence-corrected chi connectivity index (χ4v) is 4.37. The number of amides is 1. The van der Waals surface area contributed by atoms with Gasteiger partial charge in [-0.25, -0.2) is 18.7 Å². The number of aromatic nitrogens is 2. The number of carbonyl (C=O) groups excluding carboxylic acids is 1. The molecular formula is C18H15ClF4N4O3S2. The van der Waals surface area contributed by atoms with Crippen molar-refractivity contribution in [1.82, 2.24) is 14.0 Å². The zero-order chi connectivity index (χ0) is 23.8. The number of alkyl halides is 3. The molecule has 0 atom stereocenters. The molecule has 7 nitrogen and oxygen atoms in total. The lowest BCUT2D eigenvalue weighted by atomic mass is 10.2. The van der Waals surface area contributed by atoms with Crippen LogP contribution < -0.4 is 11.2 Å². The van der Waals surface area contributed by atoms with Gasteiger partial charge in [-0.2, -0.15) is 24.9 Å². The number of halogens is 5. The van der Waals surface area contributed by atoms with Gasteiger partial charge in [0.05, 0.1) is 22.2 Å². The Morgan fingerprint density at radius 2 is 1.91 bits per heavy atom. The fourth-order valence-electron chi connectivity index (χ4n) is 2.89. The van der Waals surface area contributed by atoms with Crippen LogP contribution in [0.25, 0.3) is 5.69 Å². The van der Waals surface area contributed by atoms with E-state index in [9.17, 15) is 31.9 Å². The Morgan fingerprint density at radius 3 is 2.53 bits per heavy atom. The van der Waals surface area contributed by atoms with Gasteiger partial charge in [0.1, 0.15) is 11.5 Å². The first-order chi connectivity index (χ1) is 15.0. The number of nitrogens with zero attached hydrogens (tertiary/aromatic N) is 4. The Hall–Kier alpha value is -2.25. The van der Waals surface area contributed by atoms with E-state index in [0.717, 1.165) is 30.9 Å². The van der Waals surface area contributed by atoms with Crippen molar-refractivity contribution in [3.8, 4) is 5.69 Å². The summed E-state index contributed by atoms with van der Waals surface area (Å²) in [4.78, 5) is 42.6. The standard InChI is InChI=1S/C18H15ClF4N4O3S2/c1-25-13(18(21,22)23)7-14(28)27(17(25)30)12-6-11(9(19)5-10(12)20)24-16-26(3-4-31-2)15(29)8-32-16/h5-7H,3-4,8H2,1-2H3/b24-16-. The molecule has 0 radical (unpaired) electrons. The van der Waals surface area contributed by atoms with E-state index >= 15 is 0 Å². The molecule has 1 aliphatic rings. The van der Waals surface area contributed by atoms with Crippen LogP contribution in [0.2, 0.25) is 5.02 Å². The minimum absolute atomic E-state index is 0.0525. The van der Waals surface area contributed by atoms with Crippen molar-refractivity contribution in [1.29, 1.82) is 0 Å². The van der Waals surface area contributed by atoms with Crippen molar-refractivity contribution in [3.05, 3.63) is 55.6 Å². The Bertz CT molecular complexity index is 1230. The van der Waals surface area contributed by atoms with E-state index in [1.807, 2.05) is 6.26 Å². The van der Waals surface area contributed by atoms with Gasteiger partial charge in [-0.15, -0.1) is 0 Å². The van der Waals surface area contributed by atoms with Gasteiger partial charge < -0.3 is 0 Å². The first-order valence-electron chi connectivity index (χ1n) is 8.86.